The molecule has 9 nitrogen and oxygen atoms in total. The van der Waals surface area contributed by atoms with Crippen LogP contribution in [0.1, 0.15) is 57.1 Å². The molecule has 1 aromatic heterocycles. The number of halogens is 2. The van der Waals surface area contributed by atoms with Gasteiger partial charge < -0.3 is 25.1 Å². The number of hydrogen-bond donors (Lipinski definition) is 2. The summed E-state index contributed by atoms with van der Waals surface area (Å²) in [4.78, 5) is 25.9. The molecule has 0 bridgehead atoms. The van der Waals surface area contributed by atoms with Crippen LogP contribution in [-0.4, -0.2) is 66.8 Å². The van der Waals surface area contributed by atoms with Gasteiger partial charge in [0.1, 0.15) is 16.3 Å². The number of carbonyl (C=O) groups is 1. The Kier molecular flexibility index (Phi) is 7.75. The predicted molar refractivity (Wildman–Crippen MR) is 164 cm³/mol. The predicted octanol–water partition coefficient (Wildman–Crippen LogP) is 5.53. The van der Waals surface area contributed by atoms with E-state index in [2.05, 4.69) is 25.8 Å². The SMILES string of the molecule is COC(=O)C1(SNc2ccc(N=C/C(=N\N)c3cccc(N4CCC(F)(F)CC4)n3)c(N3CCC4(CC3)CC4)c2)CC1. The molecule has 42 heavy (non-hydrogen) atoms. The van der Waals surface area contributed by atoms with Crippen LogP contribution in [0.25, 0.3) is 0 Å². The van der Waals surface area contributed by atoms with Crippen molar-refractivity contribution < 1.29 is 18.3 Å². The molecule has 4 aliphatic rings. The lowest BCUT2D eigenvalue weighted by Crippen LogP contribution is -2.39. The van der Waals surface area contributed by atoms with Gasteiger partial charge in [0.2, 0.25) is 0 Å². The normalized spacial score (nSPS) is 22.3. The lowest BCUT2D eigenvalue weighted by atomic mass is 9.93. The maximum absolute atomic E-state index is 13.7. The summed E-state index contributed by atoms with van der Waals surface area (Å²) in [5.41, 5.74) is 4.13. The zero-order chi connectivity index (χ0) is 29.4. The maximum Gasteiger partial charge on any atom is 0.323 e. The molecule has 1 aromatic carbocycles. The highest BCUT2D eigenvalue weighted by atomic mass is 32.2. The highest BCUT2D eigenvalue weighted by Crippen LogP contribution is 2.54. The van der Waals surface area contributed by atoms with Gasteiger partial charge in [-0.1, -0.05) is 6.07 Å². The van der Waals surface area contributed by atoms with Gasteiger partial charge in [0, 0.05) is 44.7 Å². The van der Waals surface area contributed by atoms with Gasteiger partial charge in [-0.3, -0.25) is 9.79 Å². The molecule has 2 saturated carbocycles. The zero-order valence-corrected chi connectivity index (χ0v) is 24.6. The molecule has 2 aromatic rings. The third-order valence-electron chi connectivity index (χ3n) is 9.00. The number of aromatic nitrogens is 1. The Balaban J connectivity index is 1.21. The van der Waals surface area contributed by atoms with Crippen molar-refractivity contribution >= 4 is 52.7 Å². The number of piperidine rings is 2. The van der Waals surface area contributed by atoms with Gasteiger partial charge >= 0.3 is 5.97 Å². The molecule has 3 heterocycles. The highest BCUT2D eigenvalue weighted by Gasteiger charge is 2.52. The van der Waals surface area contributed by atoms with Gasteiger partial charge in [-0.25, -0.2) is 13.8 Å². The lowest BCUT2D eigenvalue weighted by molar-refractivity contribution is -0.140. The first-order valence-corrected chi connectivity index (χ1v) is 15.4. The average molecular weight is 598 g/mol. The van der Waals surface area contributed by atoms with Crippen molar-refractivity contribution in [1.82, 2.24) is 4.98 Å². The van der Waals surface area contributed by atoms with Gasteiger partial charge in [0.05, 0.1) is 30.4 Å². The van der Waals surface area contributed by atoms with Crippen molar-refractivity contribution in [3.63, 3.8) is 0 Å². The van der Waals surface area contributed by atoms with Crippen LogP contribution in [0, 0.1) is 5.41 Å². The third-order valence-corrected chi connectivity index (χ3v) is 10.3. The van der Waals surface area contributed by atoms with E-state index < -0.39 is 10.7 Å². The van der Waals surface area contributed by atoms with Crippen LogP contribution in [0.4, 0.5) is 31.7 Å². The Bertz CT molecular complexity index is 1370. The van der Waals surface area contributed by atoms with Crippen LogP contribution in [0.5, 0.6) is 0 Å². The Morgan fingerprint density at radius 1 is 1.02 bits per heavy atom. The number of pyridine rings is 1. The molecule has 2 aliphatic carbocycles. The monoisotopic (exact) mass is 597 g/mol. The number of hydrazone groups is 1. The summed E-state index contributed by atoms with van der Waals surface area (Å²) >= 11 is 1.41. The Morgan fingerprint density at radius 2 is 1.74 bits per heavy atom. The Hall–Kier alpha value is -3.41. The second-order valence-electron chi connectivity index (χ2n) is 11.9. The number of ether oxygens (including phenoxy) is 1. The molecule has 0 amide bonds. The highest BCUT2D eigenvalue weighted by molar-refractivity contribution is 8.02. The number of nitrogens with two attached hydrogens (primary N) is 1. The minimum absolute atomic E-state index is 0.189. The molecule has 224 valence electrons. The van der Waals surface area contributed by atoms with Crippen LogP contribution in [0.15, 0.2) is 46.5 Å². The zero-order valence-electron chi connectivity index (χ0n) is 23.8. The summed E-state index contributed by atoms with van der Waals surface area (Å²) in [6, 6.07) is 11.4. The molecular weight excluding hydrogens is 560 g/mol. The quantitative estimate of drug-likeness (QED) is 0.128. The number of nitrogens with one attached hydrogen (secondary N) is 1. The summed E-state index contributed by atoms with van der Waals surface area (Å²) in [5, 5.41) is 3.95. The minimum atomic E-state index is -2.62. The van der Waals surface area contributed by atoms with Gasteiger partial charge in [-0.2, -0.15) is 5.10 Å². The van der Waals surface area contributed by atoms with Crippen LogP contribution < -0.4 is 20.4 Å². The van der Waals surface area contributed by atoms with E-state index in [0.29, 0.717) is 22.6 Å². The molecule has 3 N–H and O–H groups in total. The van der Waals surface area contributed by atoms with E-state index in [9.17, 15) is 13.6 Å². The van der Waals surface area contributed by atoms with Crippen LogP contribution in [0.2, 0.25) is 0 Å². The second kappa shape index (κ2) is 11.3. The number of benzene rings is 1. The van der Waals surface area contributed by atoms with E-state index in [4.69, 9.17) is 15.6 Å². The second-order valence-corrected chi connectivity index (χ2v) is 13.1. The number of aliphatic imine (C=N–C) groups is 1. The maximum atomic E-state index is 13.7. The number of alkyl halides is 2. The summed E-state index contributed by atoms with van der Waals surface area (Å²) < 4.78 is 35.2. The van der Waals surface area contributed by atoms with Crippen molar-refractivity contribution in [3.05, 3.63) is 42.1 Å². The number of nitrogens with zero attached hydrogens (tertiary/aromatic N) is 5. The van der Waals surface area contributed by atoms with Gasteiger partial charge in [0.25, 0.3) is 5.92 Å². The molecule has 0 radical (unpaired) electrons. The van der Waals surface area contributed by atoms with E-state index in [-0.39, 0.29) is 31.9 Å². The molecule has 0 unspecified atom stereocenters. The molecular formula is C30H37F2N7O2S. The topological polar surface area (TPSA) is 108 Å². The Labute approximate surface area is 249 Å². The molecule has 12 heteroatoms. The van der Waals surface area contributed by atoms with Crippen molar-refractivity contribution in [2.75, 3.05) is 47.8 Å². The van der Waals surface area contributed by atoms with E-state index in [1.54, 1.807) is 12.3 Å². The number of carbonyl (C=O) groups excluding carboxylic acids is 1. The van der Waals surface area contributed by atoms with Gasteiger partial charge in [-0.15, -0.1) is 0 Å². The first-order valence-electron chi connectivity index (χ1n) is 14.6. The standard InChI is InChI=1S/C30H37F2N7O2S/c1-41-27(40)29(9-10-29)42-37-21-5-6-23(25(19-21)38-15-11-28(7-8-28)12-16-38)34-20-24(36-33)22-3-2-4-26(35-22)39-17-13-30(31,32)14-18-39/h2-6,19-20,37H,7-18,33H2,1H3/b34-20?,36-24+. The van der Waals surface area contributed by atoms with Crippen LogP contribution in [-0.2, 0) is 9.53 Å². The molecule has 2 saturated heterocycles. The molecule has 0 atom stereocenters. The smallest absolute Gasteiger partial charge is 0.323 e. The number of rotatable bonds is 9. The third kappa shape index (κ3) is 6.18. The fraction of sp³-hybridized carbons (Fsp3) is 0.533. The van der Waals surface area contributed by atoms with Crippen molar-refractivity contribution in [3.8, 4) is 0 Å². The minimum Gasteiger partial charge on any atom is -0.468 e. The Morgan fingerprint density at radius 3 is 2.38 bits per heavy atom. The number of methoxy groups -OCH3 is 1. The summed E-state index contributed by atoms with van der Waals surface area (Å²) in [6.45, 7) is 2.40. The average Bonchev–Trinajstić information content (AvgIpc) is 3.95. The number of hydrogen-bond acceptors (Lipinski definition) is 10. The van der Waals surface area contributed by atoms with Crippen molar-refractivity contribution in [2.24, 2.45) is 21.4 Å². The summed E-state index contributed by atoms with van der Waals surface area (Å²) in [6.07, 6.45) is 7.80. The van der Waals surface area contributed by atoms with Crippen LogP contribution in [0.3, 0.4) is 0 Å². The van der Waals surface area contributed by atoms with E-state index in [1.807, 2.05) is 29.2 Å². The fourth-order valence-electron chi connectivity index (χ4n) is 5.75. The summed E-state index contributed by atoms with van der Waals surface area (Å²) in [7, 11) is 1.43. The molecule has 2 aliphatic heterocycles. The van der Waals surface area contributed by atoms with Crippen LogP contribution >= 0.6 is 11.9 Å². The first-order chi connectivity index (χ1) is 20.2. The van der Waals surface area contributed by atoms with E-state index >= 15 is 0 Å². The lowest BCUT2D eigenvalue weighted by Gasteiger charge is -2.34. The number of esters is 1. The molecule has 6 rings (SSSR count). The molecule has 4 fully saturated rings. The van der Waals surface area contributed by atoms with E-state index in [0.717, 1.165) is 43.0 Å². The van der Waals surface area contributed by atoms with Crippen molar-refractivity contribution in [1.29, 1.82) is 0 Å². The summed E-state index contributed by atoms with van der Waals surface area (Å²) in [5.74, 6) is 3.58. The largest absolute Gasteiger partial charge is 0.468 e. The van der Waals surface area contributed by atoms with Crippen molar-refractivity contribution in [2.45, 2.75) is 62.0 Å². The van der Waals surface area contributed by atoms with E-state index in [1.165, 1.54) is 44.7 Å². The molecule has 1 spiro atoms. The van der Waals surface area contributed by atoms with Gasteiger partial charge in [-0.05, 0) is 86.2 Å². The first kappa shape index (κ1) is 28.7. The fourth-order valence-corrected chi connectivity index (χ4v) is 6.67. The van der Waals surface area contributed by atoms with Gasteiger partial charge in [0.15, 0.2) is 0 Å². The number of anilines is 3.